The van der Waals surface area contributed by atoms with Crippen molar-refractivity contribution in [3.8, 4) is 11.8 Å². The van der Waals surface area contributed by atoms with Gasteiger partial charge in [-0.05, 0) is 12.0 Å². The highest BCUT2D eigenvalue weighted by molar-refractivity contribution is 5.30. The summed E-state index contributed by atoms with van der Waals surface area (Å²) in [4.78, 5) is 7.77. The van der Waals surface area contributed by atoms with Crippen LogP contribution in [0.1, 0.15) is 5.82 Å². The number of anilines is 1. The van der Waals surface area contributed by atoms with Gasteiger partial charge in [0, 0.05) is 13.3 Å². The van der Waals surface area contributed by atoms with Crippen molar-refractivity contribution in [3.05, 3.63) is 18.1 Å². The minimum Gasteiger partial charge on any atom is -0.384 e. The van der Waals surface area contributed by atoms with E-state index in [-0.39, 0.29) is 0 Å². The zero-order chi connectivity index (χ0) is 8.81. The topological polar surface area (TPSA) is 61.0 Å². The van der Waals surface area contributed by atoms with Crippen molar-refractivity contribution in [1.82, 2.24) is 9.97 Å². The smallest absolute Gasteiger partial charge is 0.206 e. The Hall–Kier alpha value is -1.60. The summed E-state index contributed by atoms with van der Waals surface area (Å²) < 4.78 is 4.73. The summed E-state index contributed by atoms with van der Waals surface area (Å²) in [6.45, 7) is 0.373. The summed E-state index contributed by atoms with van der Waals surface area (Å²) in [5.41, 5.74) is 5.41. The van der Waals surface area contributed by atoms with Gasteiger partial charge in [-0.1, -0.05) is 5.92 Å². The fraction of sp³-hybridized carbons (Fsp3) is 0.250. The van der Waals surface area contributed by atoms with Gasteiger partial charge >= 0.3 is 0 Å². The Balaban J connectivity index is 2.71. The number of methoxy groups -OCH3 is 1. The monoisotopic (exact) mass is 163 g/mol. The molecule has 62 valence electrons. The third-order valence-corrected chi connectivity index (χ3v) is 1.09. The van der Waals surface area contributed by atoms with Crippen LogP contribution in [-0.4, -0.2) is 23.7 Å². The molecule has 4 nitrogen and oxygen atoms in total. The summed E-state index contributed by atoms with van der Waals surface area (Å²) >= 11 is 0. The molecule has 0 aliphatic heterocycles. The number of ether oxygens (including phenoxy) is 1. The lowest BCUT2D eigenvalue weighted by atomic mass is 10.5. The zero-order valence-electron chi connectivity index (χ0n) is 6.74. The van der Waals surface area contributed by atoms with E-state index in [0.717, 1.165) is 0 Å². The molecule has 12 heavy (non-hydrogen) atoms. The van der Waals surface area contributed by atoms with Gasteiger partial charge in [-0.3, -0.25) is 0 Å². The number of nitrogen functional groups attached to an aromatic ring is 1. The molecule has 0 saturated carbocycles. The zero-order valence-corrected chi connectivity index (χ0v) is 6.74. The van der Waals surface area contributed by atoms with Gasteiger partial charge in [-0.25, -0.2) is 9.97 Å². The third kappa shape index (κ3) is 2.56. The van der Waals surface area contributed by atoms with Crippen molar-refractivity contribution in [2.24, 2.45) is 0 Å². The highest BCUT2D eigenvalue weighted by atomic mass is 16.5. The summed E-state index contributed by atoms with van der Waals surface area (Å²) in [6, 6.07) is 1.61. The van der Waals surface area contributed by atoms with Crippen molar-refractivity contribution in [2.75, 3.05) is 19.5 Å². The van der Waals surface area contributed by atoms with Crippen LogP contribution in [0.15, 0.2) is 12.3 Å². The van der Waals surface area contributed by atoms with Gasteiger partial charge in [-0.15, -0.1) is 0 Å². The minimum atomic E-state index is 0.373. The van der Waals surface area contributed by atoms with Crippen LogP contribution in [0.2, 0.25) is 0 Å². The van der Waals surface area contributed by atoms with E-state index in [1.807, 2.05) is 0 Å². The number of hydrogen-bond donors (Lipinski definition) is 1. The Labute approximate surface area is 70.8 Å². The Kier molecular flexibility index (Phi) is 3.05. The Morgan fingerprint density at radius 2 is 2.50 bits per heavy atom. The second-order valence-electron chi connectivity index (χ2n) is 2.04. The molecule has 0 spiro atoms. The van der Waals surface area contributed by atoms with Gasteiger partial charge in [0.05, 0.1) is 0 Å². The Morgan fingerprint density at radius 3 is 3.17 bits per heavy atom. The van der Waals surface area contributed by atoms with Gasteiger partial charge in [0.1, 0.15) is 12.4 Å². The molecular formula is C8H9N3O. The highest BCUT2D eigenvalue weighted by Crippen LogP contribution is 1.93. The van der Waals surface area contributed by atoms with Gasteiger partial charge < -0.3 is 10.5 Å². The normalized spacial score (nSPS) is 8.75. The van der Waals surface area contributed by atoms with Crippen molar-refractivity contribution in [1.29, 1.82) is 0 Å². The number of nitrogens with two attached hydrogens (primary N) is 1. The number of rotatable bonds is 1. The lowest BCUT2D eigenvalue weighted by molar-refractivity contribution is 0.240. The quantitative estimate of drug-likeness (QED) is 0.594. The Bertz CT molecular complexity index is 314. The SMILES string of the molecule is COCC#Cc1nccc(N)n1. The van der Waals surface area contributed by atoms with Crippen molar-refractivity contribution in [3.63, 3.8) is 0 Å². The first-order chi connectivity index (χ1) is 5.83. The molecule has 4 heteroatoms. The van der Waals surface area contributed by atoms with Crippen LogP contribution in [0.4, 0.5) is 5.82 Å². The van der Waals surface area contributed by atoms with Crippen LogP contribution >= 0.6 is 0 Å². The summed E-state index contributed by atoms with van der Waals surface area (Å²) in [5, 5.41) is 0. The molecule has 0 unspecified atom stereocenters. The average Bonchev–Trinajstić information content (AvgIpc) is 2.05. The molecule has 0 amide bonds. The predicted molar refractivity (Wildman–Crippen MR) is 45.2 cm³/mol. The summed E-state index contributed by atoms with van der Waals surface area (Å²) in [7, 11) is 1.58. The molecule has 0 fully saturated rings. The first-order valence-corrected chi connectivity index (χ1v) is 3.39. The largest absolute Gasteiger partial charge is 0.384 e. The maximum atomic E-state index is 5.41. The highest BCUT2D eigenvalue weighted by Gasteiger charge is 1.89. The van der Waals surface area contributed by atoms with Gasteiger partial charge in [0.2, 0.25) is 5.82 Å². The second kappa shape index (κ2) is 4.31. The molecule has 0 saturated heterocycles. The standard InChI is InChI=1S/C8H9N3O/c1-12-6-2-3-8-10-5-4-7(9)11-8/h4-5H,6H2,1H3,(H2,9,10,11). The van der Waals surface area contributed by atoms with E-state index in [2.05, 4.69) is 21.8 Å². The fourth-order valence-electron chi connectivity index (χ4n) is 0.620. The molecule has 2 N–H and O–H groups in total. The first-order valence-electron chi connectivity index (χ1n) is 3.39. The van der Waals surface area contributed by atoms with E-state index in [9.17, 15) is 0 Å². The molecule has 1 aromatic rings. The maximum Gasteiger partial charge on any atom is 0.206 e. The van der Waals surface area contributed by atoms with Crippen LogP contribution in [-0.2, 0) is 4.74 Å². The third-order valence-electron chi connectivity index (χ3n) is 1.09. The van der Waals surface area contributed by atoms with E-state index in [1.54, 1.807) is 19.4 Å². The number of aromatic nitrogens is 2. The molecular weight excluding hydrogens is 154 g/mol. The number of nitrogens with zero attached hydrogens (tertiary/aromatic N) is 2. The van der Waals surface area contributed by atoms with E-state index in [1.165, 1.54) is 0 Å². The van der Waals surface area contributed by atoms with Gasteiger partial charge in [-0.2, -0.15) is 0 Å². The molecule has 0 aromatic carbocycles. The van der Waals surface area contributed by atoms with Crippen molar-refractivity contribution >= 4 is 5.82 Å². The molecule has 0 aliphatic carbocycles. The molecule has 1 heterocycles. The summed E-state index contributed by atoms with van der Waals surface area (Å²) in [5.74, 6) is 6.28. The molecule has 0 aliphatic rings. The molecule has 1 rings (SSSR count). The van der Waals surface area contributed by atoms with Crippen LogP contribution < -0.4 is 5.73 Å². The average molecular weight is 163 g/mol. The van der Waals surface area contributed by atoms with Gasteiger partial charge in [0.15, 0.2) is 0 Å². The molecule has 0 radical (unpaired) electrons. The van der Waals surface area contributed by atoms with Crippen molar-refractivity contribution < 1.29 is 4.74 Å². The van der Waals surface area contributed by atoms with E-state index < -0.39 is 0 Å². The van der Waals surface area contributed by atoms with Crippen molar-refractivity contribution in [2.45, 2.75) is 0 Å². The van der Waals surface area contributed by atoms with E-state index in [0.29, 0.717) is 18.2 Å². The van der Waals surface area contributed by atoms with E-state index >= 15 is 0 Å². The number of hydrogen-bond acceptors (Lipinski definition) is 4. The molecule has 1 aromatic heterocycles. The maximum absolute atomic E-state index is 5.41. The lowest BCUT2D eigenvalue weighted by Crippen LogP contribution is -1.94. The molecule has 0 atom stereocenters. The lowest BCUT2D eigenvalue weighted by Gasteiger charge is -1.90. The van der Waals surface area contributed by atoms with E-state index in [4.69, 9.17) is 10.5 Å². The van der Waals surface area contributed by atoms with Crippen LogP contribution in [0.25, 0.3) is 0 Å². The van der Waals surface area contributed by atoms with Crippen LogP contribution in [0.5, 0.6) is 0 Å². The first kappa shape index (κ1) is 8.50. The summed E-state index contributed by atoms with van der Waals surface area (Å²) in [6.07, 6.45) is 1.57. The molecule has 0 bridgehead atoms. The minimum absolute atomic E-state index is 0.373. The van der Waals surface area contributed by atoms with Crippen LogP contribution in [0.3, 0.4) is 0 Å². The van der Waals surface area contributed by atoms with Gasteiger partial charge in [0.25, 0.3) is 0 Å². The second-order valence-corrected chi connectivity index (χ2v) is 2.04. The van der Waals surface area contributed by atoms with Crippen LogP contribution in [0, 0.1) is 11.8 Å². The predicted octanol–water partition coefficient (Wildman–Crippen LogP) is 0.0567. The fourth-order valence-corrected chi connectivity index (χ4v) is 0.620. The Morgan fingerprint density at radius 1 is 1.67 bits per heavy atom.